The molecular weight excluding hydrogens is 172 g/mol. The predicted octanol–water partition coefficient (Wildman–Crippen LogP) is 0.390. The van der Waals surface area contributed by atoms with Crippen LogP contribution in [0.25, 0.3) is 0 Å². The molecule has 0 radical (unpaired) electrons. The van der Waals surface area contributed by atoms with E-state index in [1.165, 1.54) is 7.11 Å². The van der Waals surface area contributed by atoms with Gasteiger partial charge in [0.15, 0.2) is 11.6 Å². The highest BCUT2D eigenvalue weighted by molar-refractivity contribution is 5.81. The van der Waals surface area contributed by atoms with E-state index in [4.69, 9.17) is 4.52 Å². The van der Waals surface area contributed by atoms with Crippen molar-refractivity contribution in [3.63, 3.8) is 0 Å². The van der Waals surface area contributed by atoms with Crippen molar-refractivity contribution in [1.82, 2.24) is 10.1 Å². The van der Waals surface area contributed by atoms with E-state index in [-0.39, 0.29) is 18.8 Å². The molecule has 72 valence electrons. The number of hydrogen-bond donors (Lipinski definition) is 0. The average molecular weight is 184 g/mol. The molecule has 0 bridgehead atoms. The van der Waals surface area contributed by atoms with Gasteiger partial charge in [0, 0.05) is 13.5 Å². The largest absolute Gasteiger partial charge is 0.377 e. The summed E-state index contributed by atoms with van der Waals surface area (Å²) in [5.41, 5.74) is 0. The molecule has 1 aromatic heterocycles. The Morgan fingerprint density at radius 2 is 2.38 bits per heavy atom. The minimum Gasteiger partial charge on any atom is -0.377 e. The SMILES string of the molecule is CCc1noc(CC(=O)COC)n1. The number of ketones is 1. The molecule has 0 amide bonds. The van der Waals surface area contributed by atoms with Crippen LogP contribution in [-0.2, 0) is 22.4 Å². The Morgan fingerprint density at radius 3 is 2.92 bits per heavy atom. The van der Waals surface area contributed by atoms with Gasteiger partial charge in [0.1, 0.15) is 6.61 Å². The number of methoxy groups -OCH3 is 1. The van der Waals surface area contributed by atoms with E-state index in [0.717, 1.165) is 0 Å². The van der Waals surface area contributed by atoms with E-state index < -0.39 is 0 Å². The fourth-order valence-electron chi connectivity index (χ4n) is 0.886. The molecule has 5 heteroatoms. The Balaban J connectivity index is 2.49. The summed E-state index contributed by atoms with van der Waals surface area (Å²) in [6, 6.07) is 0. The molecule has 0 aliphatic rings. The lowest BCUT2D eigenvalue weighted by atomic mass is 10.3. The smallest absolute Gasteiger partial charge is 0.234 e. The molecule has 0 aromatic carbocycles. The number of nitrogens with zero attached hydrogens (tertiary/aromatic N) is 2. The van der Waals surface area contributed by atoms with Crippen LogP contribution in [0.3, 0.4) is 0 Å². The summed E-state index contributed by atoms with van der Waals surface area (Å²) in [7, 11) is 1.48. The van der Waals surface area contributed by atoms with Gasteiger partial charge in [0.05, 0.1) is 6.42 Å². The molecule has 5 nitrogen and oxygen atoms in total. The zero-order chi connectivity index (χ0) is 9.68. The summed E-state index contributed by atoms with van der Waals surface area (Å²) in [4.78, 5) is 15.1. The van der Waals surface area contributed by atoms with E-state index in [1.54, 1.807) is 0 Å². The van der Waals surface area contributed by atoms with E-state index in [2.05, 4.69) is 14.9 Å². The van der Waals surface area contributed by atoms with E-state index in [9.17, 15) is 4.79 Å². The normalized spacial score (nSPS) is 10.3. The maximum Gasteiger partial charge on any atom is 0.234 e. The Morgan fingerprint density at radius 1 is 1.62 bits per heavy atom. The van der Waals surface area contributed by atoms with Gasteiger partial charge < -0.3 is 9.26 Å². The quantitative estimate of drug-likeness (QED) is 0.662. The fourth-order valence-corrected chi connectivity index (χ4v) is 0.886. The van der Waals surface area contributed by atoms with Crippen LogP contribution in [0.5, 0.6) is 0 Å². The zero-order valence-corrected chi connectivity index (χ0v) is 7.74. The number of hydrogen-bond acceptors (Lipinski definition) is 5. The Hall–Kier alpha value is -1.23. The number of aryl methyl sites for hydroxylation is 1. The minimum absolute atomic E-state index is 0.0613. The number of ether oxygens (including phenoxy) is 1. The van der Waals surface area contributed by atoms with E-state index in [1.807, 2.05) is 6.92 Å². The van der Waals surface area contributed by atoms with Gasteiger partial charge in [-0.3, -0.25) is 4.79 Å². The lowest BCUT2D eigenvalue weighted by Crippen LogP contribution is -2.09. The van der Waals surface area contributed by atoms with Gasteiger partial charge in [-0.15, -0.1) is 0 Å². The maximum atomic E-state index is 11.1. The number of rotatable bonds is 5. The first-order valence-corrected chi connectivity index (χ1v) is 4.08. The van der Waals surface area contributed by atoms with Crippen LogP contribution in [0.4, 0.5) is 0 Å². The van der Waals surface area contributed by atoms with Crippen molar-refractivity contribution >= 4 is 5.78 Å². The molecule has 0 spiro atoms. The highest BCUT2D eigenvalue weighted by Gasteiger charge is 2.09. The summed E-state index contributed by atoms with van der Waals surface area (Å²) in [5.74, 6) is 0.924. The minimum atomic E-state index is -0.0613. The highest BCUT2D eigenvalue weighted by atomic mass is 16.5. The molecule has 13 heavy (non-hydrogen) atoms. The van der Waals surface area contributed by atoms with Gasteiger partial charge in [-0.2, -0.15) is 4.98 Å². The van der Waals surface area contributed by atoms with Gasteiger partial charge in [-0.25, -0.2) is 0 Å². The second-order valence-electron chi connectivity index (χ2n) is 2.61. The van der Waals surface area contributed by atoms with Crippen molar-refractivity contribution in [3.8, 4) is 0 Å². The van der Waals surface area contributed by atoms with Crippen molar-refractivity contribution in [3.05, 3.63) is 11.7 Å². The van der Waals surface area contributed by atoms with E-state index in [0.29, 0.717) is 18.1 Å². The maximum absolute atomic E-state index is 11.1. The Labute approximate surface area is 76.1 Å². The van der Waals surface area contributed by atoms with Crippen LogP contribution in [-0.4, -0.2) is 29.6 Å². The summed E-state index contributed by atoms with van der Waals surface area (Å²) < 4.78 is 9.50. The molecule has 0 saturated heterocycles. The summed E-state index contributed by atoms with van der Waals surface area (Å²) in [6.07, 6.45) is 0.864. The molecular formula is C8H12N2O3. The third-order valence-electron chi connectivity index (χ3n) is 1.48. The van der Waals surface area contributed by atoms with Gasteiger partial charge in [0.2, 0.25) is 5.89 Å². The van der Waals surface area contributed by atoms with Crippen molar-refractivity contribution in [2.45, 2.75) is 19.8 Å². The molecule has 0 N–H and O–H groups in total. The first-order valence-electron chi connectivity index (χ1n) is 4.08. The summed E-state index contributed by atoms with van der Waals surface area (Å²) >= 11 is 0. The van der Waals surface area contributed by atoms with Gasteiger partial charge in [-0.1, -0.05) is 12.1 Å². The van der Waals surface area contributed by atoms with Gasteiger partial charge in [0.25, 0.3) is 0 Å². The van der Waals surface area contributed by atoms with Crippen LogP contribution in [0, 0.1) is 0 Å². The zero-order valence-electron chi connectivity index (χ0n) is 7.74. The van der Waals surface area contributed by atoms with E-state index >= 15 is 0 Å². The van der Waals surface area contributed by atoms with Crippen LogP contribution in [0.2, 0.25) is 0 Å². The molecule has 0 aliphatic carbocycles. The Kier molecular flexibility index (Phi) is 3.57. The van der Waals surface area contributed by atoms with Crippen LogP contribution >= 0.6 is 0 Å². The second kappa shape index (κ2) is 4.71. The van der Waals surface area contributed by atoms with Crippen molar-refractivity contribution in [1.29, 1.82) is 0 Å². The number of aromatic nitrogens is 2. The number of Topliss-reactive ketones (excluding diaryl/α,β-unsaturated/α-hetero) is 1. The van der Waals surface area contributed by atoms with Gasteiger partial charge >= 0.3 is 0 Å². The number of carbonyl (C=O) groups excluding carboxylic acids is 1. The van der Waals surface area contributed by atoms with Crippen molar-refractivity contribution < 1.29 is 14.1 Å². The molecule has 0 fully saturated rings. The number of carbonyl (C=O) groups is 1. The first kappa shape index (κ1) is 9.85. The molecule has 0 atom stereocenters. The second-order valence-corrected chi connectivity index (χ2v) is 2.61. The highest BCUT2D eigenvalue weighted by Crippen LogP contribution is 1.99. The van der Waals surface area contributed by atoms with Crippen LogP contribution < -0.4 is 0 Å². The van der Waals surface area contributed by atoms with Crippen LogP contribution in [0.1, 0.15) is 18.6 Å². The van der Waals surface area contributed by atoms with Crippen molar-refractivity contribution in [2.75, 3.05) is 13.7 Å². The standard InChI is InChI=1S/C8H12N2O3/c1-3-7-9-8(13-10-7)4-6(11)5-12-2/h3-5H2,1-2H3. The fraction of sp³-hybridized carbons (Fsp3) is 0.625. The first-order chi connectivity index (χ1) is 6.26. The van der Waals surface area contributed by atoms with Gasteiger partial charge in [-0.05, 0) is 0 Å². The molecule has 0 saturated carbocycles. The topological polar surface area (TPSA) is 65.2 Å². The Bertz CT molecular complexity index is 283. The lowest BCUT2D eigenvalue weighted by Gasteiger charge is -1.92. The average Bonchev–Trinajstić information content (AvgIpc) is 2.52. The van der Waals surface area contributed by atoms with Crippen LogP contribution in [0.15, 0.2) is 4.52 Å². The third kappa shape index (κ3) is 2.95. The molecule has 0 aliphatic heterocycles. The molecule has 0 unspecified atom stereocenters. The monoisotopic (exact) mass is 184 g/mol. The predicted molar refractivity (Wildman–Crippen MR) is 44.3 cm³/mol. The molecule has 1 heterocycles. The third-order valence-corrected chi connectivity index (χ3v) is 1.48. The van der Waals surface area contributed by atoms with Crippen molar-refractivity contribution in [2.24, 2.45) is 0 Å². The molecule has 1 aromatic rings. The summed E-state index contributed by atoms with van der Waals surface area (Å²) in [6.45, 7) is 2.01. The molecule has 1 rings (SSSR count). The summed E-state index contributed by atoms with van der Waals surface area (Å²) in [5, 5.41) is 3.67. The lowest BCUT2D eigenvalue weighted by molar-refractivity contribution is -0.122.